The van der Waals surface area contributed by atoms with Crippen LogP contribution in [0.15, 0.2) is 51.0 Å². The van der Waals surface area contributed by atoms with Crippen LogP contribution in [0.4, 0.5) is 0 Å². The number of nitrogens with one attached hydrogen (secondary N) is 2. The molecule has 9 nitrogen and oxygen atoms in total. The highest BCUT2D eigenvalue weighted by molar-refractivity contribution is 8.12. The van der Waals surface area contributed by atoms with Crippen molar-refractivity contribution in [2.45, 2.75) is 4.90 Å². The minimum absolute atomic E-state index is 0.0955. The average Bonchev–Trinajstić information content (AvgIpc) is 3.13. The number of carbonyl (C=O) groups excluding carboxylic acids is 1. The van der Waals surface area contributed by atoms with Gasteiger partial charge < -0.3 is 13.9 Å². The topological polar surface area (TPSA) is 122 Å². The lowest BCUT2D eigenvalue weighted by atomic mass is 10.3. The number of hydrazone groups is 1. The van der Waals surface area contributed by atoms with Gasteiger partial charge in [-0.2, -0.15) is 9.31 Å². The quantitative estimate of drug-likeness (QED) is 0.507. The lowest BCUT2D eigenvalue weighted by molar-refractivity contribution is -0.119. The smallest absolute Gasteiger partial charge is 0.255 e. The first kappa shape index (κ1) is 18.1. The molecule has 1 amide bonds. The number of ether oxygens (including phenoxy) is 2. The predicted octanol–water partition coefficient (Wildman–Crippen LogP) is 0.987. The molecule has 0 radical (unpaired) electrons. The molecule has 0 unspecified atom stereocenters. The van der Waals surface area contributed by atoms with Gasteiger partial charge in [-0.15, -0.1) is 9.53 Å². The summed E-state index contributed by atoms with van der Waals surface area (Å²) in [5, 5.41) is 3.70. The molecule has 3 N–H and O–H groups in total. The van der Waals surface area contributed by atoms with E-state index in [9.17, 15) is 13.6 Å². The fourth-order valence-corrected chi connectivity index (χ4v) is 3.62. The molecule has 3 rings (SSSR count). The van der Waals surface area contributed by atoms with E-state index in [1.165, 1.54) is 24.6 Å². The van der Waals surface area contributed by atoms with Crippen molar-refractivity contribution in [2.24, 2.45) is 5.10 Å². The number of benzene rings is 1. The van der Waals surface area contributed by atoms with Gasteiger partial charge in [-0.05, 0) is 24.3 Å². The van der Waals surface area contributed by atoms with E-state index >= 15 is 0 Å². The molecule has 0 fully saturated rings. The normalized spacial score (nSPS) is 15.4. The van der Waals surface area contributed by atoms with E-state index in [4.69, 9.17) is 13.9 Å². The van der Waals surface area contributed by atoms with E-state index in [2.05, 4.69) is 15.2 Å². The van der Waals surface area contributed by atoms with Gasteiger partial charge in [0.05, 0.1) is 23.9 Å². The molecule has 0 saturated heterocycles. The molecule has 10 heteroatoms. The molecule has 26 heavy (non-hydrogen) atoms. The van der Waals surface area contributed by atoms with Crippen LogP contribution in [0.2, 0.25) is 0 Å². The fourth-order valence-electron chi connectivity index (χ4n) is 2.21. The van der Waals surface area contributed by atoms with E-state index in [1.807, 2.05) is 0 Å². The van der Waals surface area contributed by atoms with Gasteiger partial charge in [-0.3, -0.25) is 9.35 Å². The number of hydrogen-bond acceptors (Lipinski definition) is 6. The zero-order chi connectivity index (χ0) is 18.6. The third kappa shape index (κ3) is 4.28. The zero-order valence-electron chi connectivity index (χ0n) is 14.0. The summed E-state index contributed by atoms with van der Waals surface area (Å²) in [7, 11) is -4.47. The molecule has 1 aromatic heterocycles. The molecule has 0 aliphatic carbocycles. The first-order valence-electron chi connectivity index (χ1n) is 7.72. The second kappa shape index (κ2) is 6.90. The molecule has 0 spiro atoms. The first-order valence-corrected chi connectivity index (χ1v) is 10.0. The van der Waals surface area contributed by atoms with Gasteiger partial charge in [0.2, 0.25) is 0 Å². The molecule has 0 bridgehead atoms. The summed E-state index contributed by atoms with van der Waals surface area (Å²) in [6.07, 6.45) is 3.92. The van der Waals surface area contributed by atoms with Crippen molar-refractivity contribution in [1.82, 2.24) is 10.1 Å². The zero-order valence-corrected chi connectivity index (χ0v) is 14.8. The first-order chi connectivity index (χ1) is 12.3. The lowest BCUT2D eigenvalue weighted by Crippen LogP contribution is -2.49. The summed E-state index contributed by atoms with van der Waals surface area (Å²) >= 11 is 0. The second-order valence-electron chi connectivity index (χ2n) is 5.72. The van der Waals surface area contributed by atoms with Crippen molar-refractivity contribution in [3.05, 3.63) is 42.4 Å². The van der Waals surface area contributed by atoms with Crippen LogP contribution >= 0.6 is 0 Å². The van der Waals surface area contributed by atoms with Crippen LogP contribution in [-0.4, -0.2) is 46.9 Å². The molecule has 140 valence electrons. The van der Waals surface area contributed by atoms with E-state index < -0.39 is 22.0 Å². The number of fused-ring (bicyclic) bond motifs is 1. The summed E-state index contributed by atoms with van der Waals surface area (Å²) in [6.45, 7) is 0.372. The number of hydrogen-bond donors (Lipinski definition) is 3. The van der Waals surface area contributed by atoms with Gasteiger partial charge in [0.1, 0.15) is 19.0 Å². The molecule has 1 aromatic carbocycles. The molecule has 2 heterocycles. The molecule has 1 aliphatic heterocycles. The molecule has 2 aromatic rings. The van der Waals surface area contributed by atoms with E-state index in [0.717, 1.165) is 6.26 Å². The number of nitrogens with zero attached hydrogens (tertiary/aromatic N) is 1. The minimum atomic E-state index is -4.47. The monoisotopic (exact) mass is 381 g/mol. The van der Waals surface area contributed by atoms with Crippen LogP contribution in [0.5, 0.6) is 11.5 Å². The van der Waals surface area contributed by atoms with Crippen LogP contribution in [0.3, 0.4) is 0 Å². The van der Waals surface area contributed by atoms with Crippen LogP contribution in [0, 0.1) is 0 Å². The molecule has 1 aliphatic rings. The van der Waals surface area contributed by atoms with Crippen molar-refractivity contribution < 1.29 is 27.4 Å². The second-order valence-corrected chi connectivity index (χ2v) is 9.05. The van der Waals surface area contributed by atoms with E-state index in [1.54, 1.807) is 18.2 Å². The summed E-state index contributed by atoms with van der Waals surface area (Å²) < 4.78 is 41.8. The fraction of sp³-hybridized carbons (Fsp3) is 0.250. The summed E-state index contributed by atoms with van der Waals surface area (Å²) in [6, 6.07) is 7.80. The molecular weight excluding hydrogens is 362 g/mol. The van der Waals surface area contributed by atoms with Crippen LogP contribution in [-0.2, 0) is 14.3 Å². The third-order valence-corrected chi connectivity index (χ3v) is 5.75. The predicted molar refractivity (Wildman–Crippen MR) is 94.8 cm³/mol. The highest BCUT2D eigenvalue weighted by Crippen LogP contribution is 2.36. The Morgan fingerprint density at radius 1 is 1.31 bits per heavy atom. The minimum Gasteiger partial charge on any atom is -0.486 e. The molecule has 0 saturated carbocycles. The van der Waals surface area contributed by atoms with Crippen LogP contribution in [0.1, 0.15) is 5.76 Å². The van der Waals surface area contributed by atoms with Gasteiger partial charge in [-0.1, -0.05) is 0 Å². The SMILES string of the molecule is CS(=O)(O)(NCC(=O)N/N=C/c1ccco1)c1ccc2c(c1)OCCO2. The Morgan fingerprint density at radius 3 is 2.81 bits per heavy atom. The van der Waals surface area contributed by atoms with Crippen molar-refractivity contribution in [3.8, 4) is 11.5 Å². The standard InChI is InChI=1S/C16H19N3O6S/c1-26(21,22,13-4-5-14-15(9-13)25-8-7-24-14)18-11-16(20)19-17-10-12-3-2-6-23-12/h2-6,9-10H,7-8,11H2,1H3,(H,19,20)(H2,18,21,22)/b17-10+. The lowest BCUT2D eigenvalue weighted by Gasteiger charge is -2.40. The Bertz CT molecular complexity index is 887. The van der Waals surface area contributed by atoms with Gasteiger partial charge in [-0.25, -0.2) is 10.1 Å². The van der Waals surface area contributed by atoms with Crippen molar-refractivity contribution in [1.29, 1.82) is 0 Å². The Morgan fingerprint density at radius 2 is 2.08 bits per heavy atom. The van der Waals surface area contributed by atoms with E-state index in [-0.39, 0.29) is 4.90 Å². The van der Waals surface area contributed by atoms with Crippen molar-refractivity contribution in [3.63, 3.8) is 0 Å². The van der Waals surface area contributed by atoms with Gasteiger partial charge in [0.15, 0.2) is 11.5 Å². The molecule has 0 atom stereocenters. The molecular formula is C16H19N3O6S. The summed E-state index contributed by atoms with van der Waals surface area (Å²) in [5.41, 5.74) is 2.24. The summed E-state index contributed by atoms with van der Waals surface area (Å²) in [4.78, 5) is 11.9. The number of amides is 1. The van der Waals surface area contributed by atoms with Gasteiger partial charge >= 0.3 is 0 Å². The Hall–Kier alpha value is -2.69. The number of carbonyl (C=O) groups is 1. The van der Waals surface area contributed by atoms with E-state index in [0.29, 0.717) is 30.5 Å². The van der Waals surface area contributed by atoms with Gasteiger partial charge in [0, 0.05) is 12.3 Å². The van der Waals surface area contributed by atoms with Crippen molar-refractivity contribution >= 4 is 21.7 Å². The Balaban J connectivity index is 1.63. The highest BCUT2D eigenvalue weighted by atomic mass is 32.3. The summed E-state index contributed by atoms with van der Waals surface area (Å²) in [5.74, 6) is 0.778. The maximum Gasteiger partial charge on any atom is 0.255 e. The van der Waals surface area contributed by atoms with Crippen molar-refractivity contribution in [2.75, 3.05) is 26.0 Å². The maximum atomic E-state index is 13.0. The highest BCUT2D eigenvalue weighted by Gasteiger charge is 2.26. The Labute approximate surface area is 149 Å². The number of rotatable bonds is 6. The van der Waals surface area contributed by atoms with Crippen LogP contribution < -0.4 is 19.6 Å². The van der Waals surface area contributed by atoms with Crippen LogP contribution in [0.25, 0.3) is 0 Å². The maximum absolute atomic E-state index is 13.0. The number of furan rings is 1. The average molecular weight is 381 g/mol. The van der Waals surface area contributed by atoms with Gasteiger partial charge in [0.25, 0.3) is 5.91 Å². The Kier molecular flexibility index (Phi) is 4.81. The largest absolute Gasteiger partial charge is 0.486 e. The third-order valence-electron chi connectivity index (χ3n) is 3.57.